The maximum atomic E-state index is 11.0. The third-order valence-corrected chi connectivity index (χ3v) is 3.99. The van der Waals surface area contributed by atoms with Crippen LogP contribution in [0.25, 0.3) is 0 Å². The quantitative estimate of drug-likeness (QED) is 0.552. The van der Waals surface area contributed by atoms with Crippen molar-refractivity contribution in [3.05, 3.63) is 0 Å². The van der Waals surface area contributed by atoms with Crippen molar-refractivity contribution in [2.75, 3.05) is 39.3 Å². The van der Waals surface area contributed by atoms with Crippen LogP contribution < -0.4 is 10.5 Å². The lowest BCUT2D eigenvalue weighted by Gasteiger charge is -2.42. The van der Waals surface area contributed by atoms with E-state index in [1.165, 1.54) is 4.31 Å². The van der Waals surface area contributed by atoms with E-state index in [2.05, 4.69) is 10.2 Å². The zero-order chi connectivity index (χ0) is 10.2. The van der Waals surface area contributed by atoms with Crippen LogP contribution >= 0.6 is 0 Å². The van der Waals surface area contributed by atoms with Gasteiger partial charge in [-0.3, -0.25) is 4.90 Å². The summed E-state index contributed by atoms with van der Waals surface area (Å²) in [6.07, 6.45) is 0. The largest absolute Gasteiger partial charge is 0.314 e. The molecular weight excluding hydrogens is 204 g/mol. The molecule has 2 aliphatic rings. The molecule has 7 heteroatoms. The second kappa shape index (κ2) is 3.74. The highest BCUT2D eigenvalue weighted by Gasteiger charge is 2.30. The van der Waals surface area contributed by atoms with Crippen LogP contribution in [0.15, 0.2) is 0 Å². The molecule has 14 heavy (non-hydrogen) atoms. The van der Waals surface area contributed by atoms with Gasteiger partial charge in [0, 0.05) is 45.3 Å². The maximum Gasteiger partial charge on any atom is 0.276 e. The molecule has 0 saturated carbocycles. The fraction of sp³-hybridized carbons (Fsp3) is 1.00. The molecule has 0 aromatic rings. The van der Waals surface area contributed by atoms with Gasteiger partial charge in [-0.2, -0.15) is 12.7 Å². The Bertz CT molecular complexity index is 293. The third kappa shape index (κ3) is 2.06. The molecule has 0 bridgehead atoms. The van der Waals surface area contributed by atoms with E-state index in [0.717, 1.165) is 26.2 Å². The van der Waals surface area contributed by atoms with E-state index < -0.39 is 10.2 Å². The van der Waals surface area contributed by atoms with Crippen LogP contribution in [0.3, 0.4) is 0 Å². The molecule has 82 valence electrons. The molecule has 6 nitrogen and oxygen atoms in total. The second-order valence-electron chi connectivity index (χ2n) is 3.79. The second-order valence-corrected chi connectivity index (χ2v) is 5.34. The van der Waals surface area contributed by atoms with Crippen molar-refractivity contribution < 1.29 is 8.42 Å². The van der Waals surface area contributed by atoms with Crippen LogP contribution in [-0.4, -0.2) is 62.9 Å². The monoisotopic (exact) mass is 220 g/mol. The third-order valence-electron chi connectivity index (χ3n) is 2.91. The Labute approximate surface area is 84.2 Å². The average molecular weight is 220 g/mol. The van der Waals surface area contributed by atoms with E-state index in [-0.39, 0.29) is 0 Å². The highest BCUT2D eigenvalue weighted by Crippen LogP contribution is 2.10. The number of hydrogen-bond acceptors (Lipinski definition) is 4. The fourth-order valence-corrected chi connectivity index (χ4v) is 2.53. The van der Waals surface area contributed by atoms with Gasteiger partial charge in [0.1, 0.15) is 0 Å². The van der Waals surface area contributed by atoms with E-state index in [1.807, 2.05) is 0 Å². The number of rotatable bonds is 2. The molecular formula is C7H16N4O2S. The molecule has 2 heterocycles. The number of piperazine rings is 1. The Balaban J connectivity index is 1.85. The van der Waals surface area contributed by atoms with Crippen molar-refractivity contribution in [3.63, 3.8) is 0 Å². The van der Waals surface area contributed by atoms with Gasteiger partial charge in [0.15, 0.2) is 0 Å². The summed E-state index contributed by atoms with van der Waals surface area (Å²) in [5.74, 6) is 0. The number of nitrogens with one attached hydrogen (secondary N) is 1. The highest BCUT2D eigenvalue weighted by atomic mass is 32.2. The van der Waals surface area contributed by atoms with Crippen LogP contribution in [0.5, 0.6) is 0 Å². The van der Waals surface area contributed by atoms with Crippen molar-refractivity contribution in [1.29, 1.82) is 0 Å². The standard InChI is InChI=1S/C7H16N4O2S/c8-14(12,13)11-3-1-10(2-4-11)7-5-9-6-7/h7,9H,1-6H2,(H2,8,12,13). The lowest BCUT2D eigenvalue weighted by atomic mass is 10.1. The van der Waals surface area contributed by atoms with Crippen LogP contribution in [0.1, 0.15) is 0 Å². The summed E-state index contributed by atoms with van der Waals surface area (Å²) in [4.78, 5) is 2.32. The lowest BCUT2D eigenvalue weighted by Crippen LogP contribution is -2.62. The van der Waals surface area contributed by atoms with Gasteiger partial charge in [-0.05, 0) is 0 Å². The predicted molar refractivity (Wildman–Crippen MR) is 52.9 cm³/mol. The molecule has 0 amide bonds. The SMILES string of the molecule is NS(=O)(=O)N1CCN(C2CNC2)CC1. The molecule has 0 aromatic heterocycles. The molecule has 0 aliphatic carbocycles. The summed E-state index contributed by atoms with van der Waals surface area (Å²) < 4.78 is 23.4. The van der Waals surface area contributed by atoms with Crippen molar-refractivity contribution in [2.24, 2.45) is 5.14 Å². The Hall–Kier alpha value is -0.210. The summed E-state index contributed by atoms with van der Waals surface area (Å²) >= 11 is 0. The minimum Gasteiger partial charge on any atom is -0.314 e. The molecule has 2 saturated heterocycles. The first-order chi connectivity index (χ1) is 6.57. The Morgan fingerprint density at radius 3 is 2.07 bits per heavy atom. The zero-order valence-corrected chi connectivity index (χ0v) is 8.83. The smallest absolute Gasteiger partial charge is 0.276 e. The van der Waals surface area contributed by atoms with E-state index in [4.69, 9.17) is 5.14 Å². The lowest BCUT2D eigenvalue weighted by molar-refractivity contribution is 0.103. The van der Waals surface area contributed by atoms with E-state index in [9.17, 15) is 8.42 Å². The van der Waals surface area contributed by atoms with E-state index in [1.54, 1.807) is 0 Å². The Morgan fingerprint density at radius 1 is 1.14 bits per heavy atom. The molecule has 0 aromatic carbocycles. The Kier molecular flexibility index (Phi) is 2.76. The van der Waals surface area contributed by atoms with Gasteiger partial charge < -0.3 is 5.32 Å². The first kappa shape index (κ1) is 10.3. The zero-order valence-electron chi connectivity index (χ0n) is 8.02. The number of hydrogen-bond donors (Lipinski definition) is 2. The van der Waals surface area contributed by atoms with Gasteiger partial charge >= 0.3 is 0 Å². The van der Waals surface area contributed by atoms with Gasteiger partial charge in [0.25, 0.3) is 10.2 Å². The maximum absolute atomic E-state index is 11.0. The average Bonchev–Trinajstić information content (AvgIpc) is 2.00. The molecule has 3 N–H and O–H groups in total. The highest BCUT2D eigenvalue weighted by molar-refractivity contribution is 7.86. The fourth-order valence-electron chi connectivity index (χ4n) is 1.85. The molecule has 2 fully saturated rings. The van der Waals surface area contributed by atoms with Crippen molar-refractivity contribution in [1.82, 2.24) is 14.5 Å². The first-order valence-corrected chi connectivity index (χ1v) is 6.30. The molecule has 0 spiro atoms. The normalized spacial score (nSPS) is 27.5. The van der Waals surface area contributed by atoms with E-state index >= 15 is 0 Å². The number of nitrogens with two attached hydrogens (primary N) is 1. The van der Waals surface area contributed by atoms with Gasteiger partial charge in [0.05, 0.1) is 0 Å². The van der Waals surface area contributed by atoms with Crippen molar-refractivity contribution in [3.8, 4) is 0 Å². The van der Waals surface area contributed by atoms with Crippen LogP contribution in [0.4, 0.5) is 0 Å². The minimum absolute atomic E-state index is 0.523. The summed E-state index contributed by atoms with van der Waals surface area (Å²) in [6.45, 7) is 4.68. The van der Waals surface area contributed by atoms with Gasteiger partial charge in [-0.1, -0.05) is 0 Å². The van der Waals surface area contributed by atoms with Crippen LogP contribution in [0, 0.1) is 0 Å². The Morgan fingerprint density at radius 2 is 1.71 bits per heavy atom. The molecule has 0 unspecified atom stereocenters. The van der Waals surface area contributed by atoms with Crippen LogP contribution in [-0.2, 0) is 10.2 Å². The van der Waals surface area contributed by atoms with Gasteiger partial charge in [-0.15, -0.1) is 0 Å². The molecule has 2 rings (SSSR count). The summed E-state index contributed by atoms with van der Waals surface area (Å²) in [7, 11) is -3.47. The number of nitrogens with zero attached hydrogens (tertiary/aromatic N) is 2. The van der Waals surface area contributed by atoms with Gasteiger partial charge in [0.2, 0.25) is 0 Å². The first-order valence-electron chi connectivity index (χ1n) is 4.80. The van der Waals surface area contributed by atoms with Crippen molar-refractivity contribution >= 4 is 10.2 Å². The van der Waals surface area contributed by atoms with E-state index in [0.29, 0.717) is 19.1 Å². The summed E-state index contributed by atoms with van der Waals surface area (Å²) in [5, 5.41) is 8.25. The molecule has 0 atom stereocenters. The summed E-state index contributed by atoms with van der Waals surface area (Å²) in [5.41, 5.74) is 0. The summed E-state index contributed by atoms with van der Waals surface area (Å²) in [6, 6.07) is 0.595. The van der Waals surface area contributed by atoms with Gasteiger partial charge in [-0.25, -0.2) is 5.14 Å². The topological polar surface area (TPSA) is 78.7 Å². The molecule has 0 radical (unpaired) electrons. The van der Waals surface area contributed by atoms with Crippen LogP contribution in [0.2, 0.25) is 0 Å². The minimum atomic E-state index is -3.47. The van der Waals surface area contributed by atoms with Crippen molar-refractivity contribution in [2.45, 2.75) is 6.04 Å². The molecule has 2 aliphatic heterocycles. The predicted octanol–water partition coefficient (Wildman–Crippen LogP) is -2.22.